The summed E-state index contributed by atoms with van der Waals surface area (Å²) in [4.78, 5) is 39.3. The number of benzene rings is 1. The first-order valence-electron chi connectivity index (χ1n) is 6.50. The van der Waals surface area contributed by atoms with Gasteiger partial charge in [-0.1, -0.05) is 0 Å². The number of aliphatic carboxylic acids is 2. The summed E-state index contributed by atoms with van der Waals surface area (Å²) in [6.07, 6.45) is -0.806. The van der Waals surface area contributed by atoms with Gasteiger partial charge in [-0.05, 0) is 18.2 Å². The zero-order chi connectivity index (χ0) is 21.8. The van der Waals surface area contributed by atoms with E-state index in [4.69, 9.17) is 35.2 Å². The fourth-order valence-corrected chi connectivity index (χ4v) is 1.68. The lowest BCUT2D eigenvalue weighted by Crippen LogP contribution is -2.07. The van der Waals surface area contributed by atoms with E-state index in [0.717, 1.165) is 6.07 Å². The smallest absolute Gasteiger partial charge is 0.335 e. The van der Waals surface area contributed by atoms with Crippen LogP contribution in [0.15, 0.2) is 23.1 Å². The van der Waals surface area contributed by atoms with E-state index in [0.29, 0.717) is 12.1 Å². The fourth-order valence-electron chi connectivity index (χ4n) is 1.12. The summed E-state index contributed by atoms with van der Waals surface area (Å²) < 4.78 is 30.2. The van der Waals surface area contributed by atoms with Crippen LogP contribution in [0.3, 0.4) is 0 Å². The van der Waals surface area contributed by atoms with Gasteiger partial charge in [0.25, 0.3) is 10.1 Å². The molecule has 1 rings (SSSR count). The molecule has 0 saturated heterocycles. The van der Waals surface area contributed by atoms with Crippen LogP contribution in [0.5, 0.6) is 0 Å². The Labute approximate surface area is 151 Å². The molecule has 0 saturated carbocycles. The molecule has 0 unspecified atom stereocenters. The highest BCUT2D eigenvalue weighted by Gasteiger charge is 2.17. The third-order valence-corrected chi connectivity index (χ3v) is 2.93. The molecule has 1 aromatic rings. The first kappa shape index (κ1) is 26.2. The molecule has 0 radical (unpaired) electrons. The number of hydrogen-bond donors (Lipinski definition) is 7. The summed E-state index contributed by atoms with van der Waals surface area (Å²) in [5, 5.41) is 47.9. The van der Waals surface area contributed by atoms with Crippen molar-refractivity contribution in [3.05, 3.63) is 29.3 Å². The Bertz CT molecular complexity index is 735. The molecule has 0 bridgehead atoms. The molecular weight excluding hydrogens is 396 g/mol. The number of carboxylic acid groups (broad SMARTS) is 4. The van der Waals surface area contributed by atoms with Crippen LogP contribution < -0.4 is 0 Å². The predicted molar refractivity (Wildman–Crippen MR) is 84.2 cm³/mol. The Hall–Kier alpha value is -3.07. The molecular formula is C13H16O13S. The van der Waals surface area contributed by atoms with Crippen molar-refractivity contribution in [2.45, 2.75) is 11.3 Å². The second-order valence-electron chi connectivity index (χ2n) is 4.24. The molecule has 0 spiro atoms. The molecule has 0 fully saturated rings. The standard InChI is InChI=1S/C8H6O7S.C3H4O4.C2H6O2/c9-7(10)4-1-5(8(11)12)3-6(2-4)16(13,14)15;4-2(5)1-3(6)7;3-1-2-4/h1-3H,(H,9,10)(H,11,12)(H,13,14,15);1H2,(H,4,5)(H,6,7);3-4H,1-2H2. The summed E-state index contributed by atoms with van der Waals surface area (Å²) in [7, 11) is -4.64. The number of aromatic carboxylic acids is 2. The molecule has 0 aliphatic heterocycles. The first-order chi connectivity index (χ1) is 12.3. The quantitative estimate of drug-likeness (QED) is 0.216. The van der Waals surface area contributed by atoms with Gasteiger partial charge in [0.1, 0.15) is 6.42 Å². The number of carbonyl (C=O) groups is 4. The Morgan fingerprint density at radius 3 is 1.22 bits per heavy atom. The molecule has 0 heterocycles. The number of hydrogen-bond acceptors (Lipinski definition) is 8. The normalized spacial score (nSPS) is 9.74. The third-order valence-electron chi connectivity index (χ3n) is 2.10. The van der Waals surface area contributed by atoms with E-state index in [2.05, 4.69) is 0 Å². The average molecular weight is 412 g/mol. The van der Waals surface area contributed by atoms with Gasteiger partial charge in [0.2, 0.25) is 0 Å². The summed E-state index contributed by atoms with van der Waals surface area (Å²) in [5.41, 5.74) is -1.07. The van der Waals surface area contributed by atoms with E-state index >= 15 is 0 Å². The molecule has 0 amide bonds. The van der Waals surface area contributed by atoms with Crippen molar-refractivity contribution in [2.24, 2.45) is 0 Å². The fraction of sp³-hybridized carbons (Fsp3) is 0.231. The maximum Gasteiger partial charge on any atom is 0.335 e. The number of rotatable bonds is 6. The van der Waals surface area contributed by atoms with Gasteiger partial charge < -0.3 is 30.6 Å². The van der Waals surface area contributed by atoms with Gasteiger partial charge in [-0.25, -0.2) is 9.59 Å². The van der Waals surface area contributed by atoms with E-state index < -0.39 is 56.4 Å². The summed E-state index contributed by atoms with van der Waals surface area (Å²) >= 11 is 0. The lowest BCUT2D eigenvalue weighted by molar-refractivity contribution is -0.147. The van der Waals surface area contributed by atoms with Crippen LogP contribution in [0.1, 0.15) is 27.1 Å². The van der Waals surface area contributed by atoms with Gasteiger partial charge in [0.15, 0.2) is 0 Å². The van der Waals surface area contributed by atoms with Gasteiger partial charge in [0, 0.05) is 0 Å². The SMILES string of the molecule is O=C(O)CC(=O)O.O=C(O)c1cc(C(=O)O)cc(S(=O)(=O)O)c1.OCCO. The van der Waals surface area contributed by atoms with Crippen molar-refractivity contribution in [2.75, 3.05) is 13.2 Å². The van der Waals surface area contributed by atoms with Crippen molar-refractivity contribution in [3.63, 3.8) is 0 Å². The second kappa shape index (κ2) is 12.3. The van der Waals surface area contributed by atoms with Crippen LogP contribution in [0.2, 0.25) is 0 Å². The molecule has 14 heteroatoms. The topological polar surface area (TPSA) is 244 Å². The van der Waals surface area contributed by atoms with Crippen LogP contribution in [0.4, 0.5) is 0 Å². The van der Waals surface area contributed by atoms with Crippen LogP contribution in [-0.4, -0.2) is 80.7 Å². The van der Waals surface area contributed by atoms with Crippen LogP contribution in [-0.2, 0) is 19.7 Å². The first-order valence-corrected chi connectivity index (χ1v) is 7.94. The summed E-state index contributed by atoms with van der Waals surface area (Å²) in [6, 6.07) is 2.13. The second-order valence-corrected chi connectivity index (χ2v) is 5.66. The summed E-state index contributed by atoms with van der Waals surface area (Å²) in [6.45, 7) is -0.250. The predicted octanol–water partition coefficient (Wildman–Crippen LogP) is -1.15. The van der Waals surface area contributed by atoms with E-state index in [1.165, 1.54) is 0 Å². The zero-order valence-corrected chi connectivity index (χ0v) is 14.2. The molecule has 13 nitrogen and oxygen atoms in total. The van der Waals surface area contributed by atoms with E-state index in [1.54, 1.807) is 0 Å². The van der Waals surface area contributed by atoms with Crippen molar-refractivity contribution in [1.82, 2.24) is 0 Å². The molecule has 7 N–H and O–H groups in total. The van der Waals surface area contributed by atoms with E-state index in [9.17, 15) is 27.6 Å². The third kappa shape index (κ3) is 12.9. The number of aliphatic hydroxyl groups is 2. The minimum atomic E-state index is -4.64. The van der Waals surface area contributed by atoms with Crippen LogP contribution in [0, 0.1) is 0 Å². The van der Waals surface area contributed by atoms with Crippen molar-refractivity contribution < 1.29 is 62.8 Å². The van der Waals surface area contributed by atoms with E-state index in [-0.39, 0.29) is 13.2 Å². The highest BCUT2D eigenvalue weighted by Crippen LogP contribution is 2.15. The minimum Gasteiger partial charge on any atom is -0.481 e. The highest BCUT2D eigenvalue weighted by molar-refractivity contribution is 7.85. The van der Waals surface area contributed by atoms with Gasteiger partial charge in [-0.2, -0.15) is 8.42 Å². The molecule has 0 atom stereocenters. The lowest BCUT2D eigenvalue weighted by atomic mass is 10.1. The van der Waals surface area contributed by atoms with Gasteiger partial charge in [0.05, 0.1) is 29.2 Å². The van der Waals surface area contributed by atoms with Gasteiger partial charge in [-0.3, -0.25) is 14.1 Å². The maximum atomic E-state index is 10.8. The Morgan fingerprint density at radius 2 is 1.07 bits per heavy atom. The Kier molecular flexibility index (Phi) is 11.9. The maximum absolute atomic E-state index is 10.8. The number of carboxylic acids is 4. The molecule has 27 heavy (non-hydrogen) atoms. The minimum absolute atomic E-state index is 0.125. The lowest BCUT2D eigenvalue weighted by Gasteiger charge is -2.02. The molecule has 0 aromatic heterocycles. The van der Waals surface area contributed by atoms with Gasteiger partial charge in [-0.15, -0.1) is 0 Å². The molecule has 1 aromatic carbocycles. The van der Waals surface area contributed by atoms with E-state index in [1.807, 2.05) is 0 Å². The van der Waals surface area contributed by atoms with Gasteiger partial charge >= 0.3 is 23.9 Å². The average Bonchev–Trinajstić information content (AvgIpc) is 2.53. The molecule has 0 aliphatic rings. The summed E-state index contributed by atoms with van der Waals surface area (Å²) in [5.74, 6) is -5.61. The van der Waals surface area contributed by atoms with Crippen molar-refractivity contribution in [1.29, 1.82) is 0 Å². The van der Waals surface area contributed by atoms with Crippen LogP contribution in [0.25, 0.3) is 0 Å². The number of aliphatic hydroxyl groups excluding tert-OH is 2. The van der Waals surface area contributed by atoms with Crippen LogP contribution >= 0.6 is 0 Å². The molecule has 0 aliphatic carbocycles. The Morgan fingerprint density at radius 1 is 0.741 bits per heavy atom. The van der Waals surface area contributed by atoms with Crippen molar-refractivity contribution in [3.8, 4) is 0 Å². The monoisotopic (exact) mass is 412 g/mol. The Balaban J connectivity index is 0. The molecule has 152 valence electrons. The highest BCUT2D eigenvalue weighted by atomic mass is 32.2. The largest absolute Gasteiger partial charge is 0.481 e. The van der Waals surface area contributed by atoms with Crippen molar-refractivity contribution >= 4 is 34.0 Å². The zero-order valence-electron chi connectivity index (χ0n) is 13.3.